The highest BCUT2D eigenvalue weighted by molar-refractivity contribution is 8.14. The van der Waals surface area contributed by atoms with Crippen LogP contribution in [0.15, 0.2) is 24.3 Å². The van der Waals surface area contributed by atoms with Crippen molar-refractivity contribution in [2.45, 2.75) is 12.3 Å². The number of hydrogen-bond donors (Lipinski definition) is 2. The molecule has 0 fully saturated rings. The molecule has 1 unspecified atom stereocenters. The summed E-state index contributed by atoms with van der Waals surface area (Å²) in [6, 6.07) is 6.91. The van der Waals surface area contributed by atoms with Crippen molar-refractivity contribution in [2.24, 2.45) is 5.73 Å². The van der Waals surface area contributed by atoms with E-state index in [-0.39, 0.29) is 16.9 Å². The maximum atomic E-state index is 12.1. The third-order valence-electron chi connectivity index (χ3n) is 2.47. The molecule has 1 aromatic carbocycles. The quantitative estimate of drug-likeness (QED) is 0.578. The topological polar surface area (TPSA) is 87.2 Å². The van der Waals surface area contributed by atoms with Crippen LogP contribution < -0.4 is 10.6 Å². The Morgan fingerprint density at radius 2 is 2.12 bits per heavy atom. The molecule has 0 aliphatic carbocycles. The summed E-state index contributed by atoms with van der Waals surface area (Å²) in [5.41, 5.74) is 6.38. The van der Waals surface area contributed by atoms with Crippen LogP contribution in [-0.4, -0.2) is 22.2 Å². The van der Waals surface area contributed by atoms with Gasteiger partial charge in [0.25, 0.3) is 0 Å². The second kappa shape index (κ2) is 4.21. The highest BCUT2D eigenvalue weighted by atomic mass is 32.2. The lowest BCUT2D eigenvalue weighted by Gasteiger charge is -2.21. The molecular formula is C11H11N3O2S. The summed E-state index contributed by atoms with van der Waals surface area (Å²) in [6.45, 7) is 1.39. The summed E-state index contributed by atoms with van der Waals surface area (Å²) in [5, 5.41) is 6.31. The molecule has 1 aliphatic heterocycles. The van der Waals surface area contributed by atoms with E-state index in [1.54, 1.807) is 24.3 Å². The van der Waals surface area contributed by atoms with Crippen molar-refractivity contribution in [3.05, 3.63) is 29.8 Å². The average Bonchev–Trinajstić information content (AvgIpc) is 2.52. The molecule has 6 heteroatoms. The van der Waals surface area contributed by atoms with Crippen LogP contribution in [0.3, 0.4) is 0 Å². The van der Waals surface area contributed by atoms with Gasteiger partial charge in [0, 0.05) is 12.5 Å². The van der Waals surface area contributed by atoms with Crippen LogP contribution in [0.4, 0.5) is 5.69 Å². The van der Waals surface area contributed by atoms with E-state index in [0.717, 1.165) is 11.8 Å². The summed E-state index contributed by atoms with van der Waals surface area (Å²) >= 11 is 0.880. The van der Waals surface area contributed by atoms with Gasteiger partial charge in [-0.15, -0.1) is 0 Å². The zero-order valence-corrected chi connectivity index (χ0v) is 9.95. The number of rotatable bonds is 1. The first-order chi connectivity index (χ1) is 8.02. The van der Waals surface area contributed by atoms with E-state index in [9.17, 15) is 9.59 Å². The molecule has 1 atom stereocenters. The van der Waals surface area contributed by atoms with Gasteiger partial charge < -0.3 is 5.73 Å². The number of hydrogen-bond acceptors (Lipinski definition) is 4. The number of amides is 1. The summed E-state index contributed by atoms with van der Waals surface area (Å²) in [4.78, 5) is 25.1. The number of carbonyl (C=O) groups excluding carboxylic acids is 2. The van der Waals surface area contributed by atoms with Crippen molar-refractivity contribution < 1.29 is 9.59 Å². The van der Waals surface area contributed by atoms with E-state index in [2.05, 4.69) is 0 Å². The molecule has 0 spiro atoms. The summed E-state index contributed by atoms with van der Waals surface area (Å²) < 4.78 is 0. The molecule has 0 saturated heterocycles. The Bertz CT molecular complexity index is 515. The third kappa shape index (κ3) is 1.91. The molecule has 3 N–H and O–H groups in total. The lowest BCUT2D eigenvalue weighted by Crippen LogP contribution is -2.37. The maximum Gasteiger partial charge on any atom is 0.225 e. The second-order valence-corrected chi connectivity index (χ2v) is 4.73. The Morgan fingerprint density at radius 3 is 2.71 bits per heavy atom. The minimum atomic E-state index is -0.748. The minimum absolute atomic E-state index is 0.178. The number of nitrogens with two attached hydrogens (primary N) is 1. The number of nitrogens with one attached hydrogen (secondary N) is 1. The van der Waals surface area contributed by atoms with Gasteiger partial charge in [-0.2, -0.15) is 0 Å². The molecule has 0 bridgehead atoms. The number of carbonyl (C=O) groups is 2. The zero-order chi connectivity index (χ0) is 12.6. The molecule has 0 saturated carbocycles. The van der Waals surface area contributed by atoms with Crippen molar-refractivity contribution in [1.82, 2.24) is 0 Å². The van der Waals surface area contributed by atoms with Gasteiger partial charge in [0.05, 0.1) is 5.69 Å². The molecule has 1 aliphatic rings. The van der Waals surface area contributed by atoms with E-state index in [0.29, 0.717) is 11.3 Å². The van der Waals surface area contributed by atoms with E-state index in [1.807, 2.05) is 0 Å². The van der Waals surface area contributed by atoms with Crippen LogP contribution in [0.5, 0.6) is 0 Å². The maximum absolute atomic E-state index is 12.1. The van der Waals surface area contributed by atoms with Crippen molar-refractivity contribution >= 4 is 34.3 Å². The van der Waals surface area contributed by atoms with Gasteiger partial charge in [-0.05, 0) is 12.1 Å². The Balaban J connectivity index is 2.47. The van der Waals surface area contributed by atoms with Crippen LogP contribution in [0, 0.1) is 5.41 Å². The van der Waals surface area contributed by atoms with E-state index >= 15 is 0 Å². The fourth-order valence-electron chi connectivity index (χ4n) is 1.83. The van der Waals surface area contributed by atoms with Gasteiger partial charge in [0.15, 0.2) is 16.3 Å². The minimum Gasteiger partial charge on any atom is -0.379 e. The number of amidine groups is 1. The van der Waals surface area contributed by atoms with Crippen molar-refractivity contribution in [3.8, 4) is 0 Å². The van der Waals surface area contributed by atoms with Gasteiger partial charge in [-0.1, -0.05) is 23.9 Å². The summed E-state index contributed by atoms with van der Waals surface area (Å²) in [7, 11) is 0. The van der Waals surface area contributed by atoms with Crippen molar-refractivity contribution in [1.29, 1.82) is 5.41 Å². The number of Topliss-reactive ketones (excluding diaryl/α,β-unsaturated/α-hetero) is 1. The van der Waals surface area contributed by atoms with Crippen LogP contribution in [0.25, 0.3) is 0 Å². The number of thioether (sulfide) groups is 1. The number of nitrogens with zero attached hydrogens (tertiary/aromatic N) is 1. The molecule has 0 aromatic heterocycles. The molecule has 17 heavy (non-hydrogen) atoms. The average molecular weight is 249 g/mol. The monoisotopic (exact) mass is 249 g/mol. The molecule has 88 valence electrons. The number of benzene rings is 1. The summed E-state index contributed by atoms with van der Waals surface area (Å²) in [6.07, 6.45) is 0. The van der Waals surface area contributed by atoms with Gasteiger partial charge in [0.2, 0.25) is 5.91 Å². The predicted molar refractivity (Wildman–Crippen MR) is 67.2 cm³/mol. The SMILES string of the molecule is CC(=O)N1c2ccccc2C(=O)C1SC(=N)N. The molecule has 1 heterocycles. The Hall–Kier alpha value is -1.82. The standard InChI is InChI=1S/C11H11N3O2S/c1-6(15)14-8-5-3-2-4-7(8)9(16)10(14)17-11(12)13/h2-5,10H,1H3,(H3,12,13). The number of fused-ring (bicyclic) bond motifs is 1. The molecule has 2 rings (SSSR count). The highest BCUT2D eigenvalue weighted by Gasteiger charge is 2.40. The summed E-state index contributed by atoms with van der Waals surface area (Å²) in [5.74, 6) is -0.418. The van der Waals surface area contributed by atoms with E-state index in [1.165, 1.54) is 11.8 Å². The second-order valence-electron chi connectivity index (χ2n) is 3.60. The van der Waals surface area contributed by atoms with Crippen LogP contribution in [0.2, 0.25) is 0 Å². The predicted octanol–water partition coefficient (Wildman–Crippen LogP) is 1.19. The first kappa shape index (κ1) is 11.7. The number of ketones is 1. The normalized spacial score (nSPS) is 18.1. The molecule has 5 nitrogen and oxygen atoms in total. The van der Waals surface area contributed by atoms with E-state index in [4.69, 9.17) is 11.1 Å². The number of anilines is 1. The van der Waals surface area contributed by atoms with Gasteiger partial charge in [-0.3, -0.25) is 19.9 Å². The van der Waals surface area contributed by atoms with Crippen molar-refractivity contribution in [3.63, 3.8) is 0 Å². The van der Waals surface area contributed by atoms with Gasteiger partial charge in [-0.25, -0.2) is 0 Å². The Labute approximate surface area is 102 Å². The lowest BCUT2D eigenvalue weighted by atomic mass is 10.1. The van der Waals surface area contributed by atoms with Gasteiger partial charge >= 0.3 is 0 Å². The largest absolute Gasteiger partial charge is 0.379 e. The Morgan fingerprint density at radius 1 is 1.47 bits per heavy atom. The number of para-hydroxylation sites is 1. The molecule has 0 radical (unpaired) electrons. The zero-order valence-electron chi connectivity index (χ0n) is 9.14. The van der Waals surface area contributed by atoms with Crippen LogP contribution in [0.1, 0.15) is 17.3 Å². The fraction of sp³-hybridized carbons (Fsp3) is 0.182. The van der Waals surface area contributed by atoms with Gasteiger partial charge in [0.1, 0.15) is 0 Å². The molecular weight excluding hydrogens is 238 g/mol. The molecule has 1 aromatic rings. The lowest BCUT2D eigenvalue weighted by molar-refractivity contribution is -0.116. The van der Waals surface area contributed by atoms with Crippen LogP contribution >= 0.6 is 11.8 Å². The Kier molecular flexibility index (Phi) is 2.89. The van der Waals surface area contributed by atoms with Crippen molar-refractivity contribution in [2.75, 3.05) is 4.90 Å². The fourth-order valence-corrected chi connectivity index (χ4v) is 2.67. The van der Waals surface area contributed by atoms with Crippen LogP contribution in [-0.2, 0) is 4.79 Å². The molecule has 1 amide bonds. The first-order valence-electron chi connectivity index (χ1n) is 4.96. The third-order valence-corrected chi connectivity index (χ3v) is 3.37. The highest BCUT2D eigenvalue weighted by Crippen LogP contribution is 2.36. The van der Waals surface area contributed by atoms with E-state index < -0.39 is 5.37 Å². The first-order valence-corrected chi connectivity index (χ1v) is 5.84. The smallest absolute Gasteiger partial charge is 0.225 e.